The number of rotatable bonds is 9. The number of carbonyl (C=O) groups excluding carboxylic acids is 1. The maximum Gasteiger partial charge on any atom is 0.306 e. The molecule has 1 aromatic rings. The van der Waals surface area contributed by atoms with Crippen LogP contribution in [0.2, 0.25) is 0 Å². The van der Waals surface area contributed by atoms with Crippen molar-refractivity contribution in [1.82, 2.24) is 0 Å². The smallest absolute Gasteiger partial charge is 0.306 e. The molecule has 1 heterocycles. The van der Waals surface area contributed by atoms with E-state index in [-0.39, 0.29) is 30.2 Å². The molecule has 7 atom stereocenters. The van der Waals surface area contributed by atoms with Gasteiger partial charge in [0.15, 0.2) is 0 Å². The van der Waals surface area contributed by atoms with Gasteiger partial charge in [0.25, 0.3) is 0 Å². The molecule has 3 rings (SSSR count). The first-order valence-electron chi connectivity index (χ1n) is 9.03. The van der Waals surface area contributed by atoms with Crippen LogP contribution in [0, 0.1) is 11.8 Å². The second-order valence-electron chi connectivity index (χ2n) is 6.99. The standard InChI is InChI=1S/C18H26BO4P2/c20-13(7-6-12-4-2-1-3-5-12)8-9-14-15-10-18(21)22-16(15)11-17(14)23-25-19-24/h1-5,13-17,20,25H,6-11,24H2/t13-,14+,15+,16-,17+/m0/s1. The molecule has 1 saturated heterocycles. The van der Waals surface area contributed by atoms with E-state index in [0.717, 1.165) is 32.1 Å². The zero-order valence-corrected chi connectivity index (χ0v) is 16.5. The van der Waals surface area contributed by atoms with Gasteiger partial charge in [-0.05, 0) is 45.9 Å². The molecule has 1 N–H and O–H groups in total. The van der Waals surface area contributed by atoms with Crippen molar-refractivity contribution in [2.24, 2.45) is 11.8 Å². The minimum absolute atomic E-state index is 0.0123. The molecule has 1 aromatic carbocycles. The summed E-state index contributed by atoms with van der Waals surface area (Å²) in [6, 6.07) is 10.3. The number of ether oxygens (including phenoxy) is 1. The van der Waals surface area contributed by atoms with Crippen molar-refractivity contribution in [2.45, 2.75) is 56.8 Å². The number of hydrogen-bond acceptors (Lipinski definition) is 4. The Morgan fingerprint density at radius 2 is 2.16 bits per heavy atom. The normalized spacial score (nSPS) is 29.8. The average Bonchev–Trinajstić information content (AvgIpc) is 3.13. The molecule has 2 aliphatic rings. The first-order valence-corrected chi connectivity index (χ1v) is 10.7. The molecule has 0 bridgehead atoms. The molecule has 1 aliphatic carbocycles. The SMILES string of the molecule is O=C1C[C@@H]2[C@@H](CC[C@@H](O)CCc3ccccc3)[C@H](OP[B]P)C[C@@H]2O1. The molecule has 1 aliphatic heterocycles. The highest BCUT2D eigenvalue weighted by Gasteiger charge is 2.50. The predicted molar refractivity (Wildman–Crippen MR) is 105 cm³/mol. The molecule has 1 radical (unpaired) electrons. The Labute approximate surface area is 154 Å². The van der Waals surface area contributed by atoms with Gasteiger partial charge in [-0.15, -0.1) is 0 Å². The number of aliphatic hydroxyl groups excluding tert-OH is 1. The van der Waals surface area contributed by atoms with Gasteiger partial charge in [0.05, 0.1) is 18.6 Å². The van der Waals surface area contributed by atoms with Crippen molar-refractivity contribution in [3.63, 3.8) is 0 Å². The Morgan fingerprint density at radius 3 is 2.92 bits per heavy atom. The second-order valence-corrected chi connectivity index (χ2v) is 8.80. The van der Waals surface area contributed by atoms with Crippen LogP contribution in [-0.2, 0) is 20.5 Å². The quantitative estimate of drug-likeness (QED) is 0.407. The second kappa shape index (κ2) is 9.46. The summed E-state index contributed by atoms with van der Waals surface area (Å²) < 4.78 is 11.4. The largest absolute Gasteiger partial charge is 0.462 e. The Kier molecular flexibility index (Phi) is 7.31. The van der Waals surface area contributed by atoms with E-state index in [9.17, 15) is 9.90 Å². The van der Waals surface area contributed by atoms with Crippen molar-refractivity contribution < 1.29 is 19.2 Å². The van der Waals surface area contributed by atoms with E-state index < -0.39 is 0 Å². The van der Waals surface area contributed by atoms with Crippen molar-refractivity contribution in [2.75, 3.05) is 0 Å². The highest BCUT2D eigenvalue weighted by molar-refractivity contribution is 7.92. The van der Waals surface area contributed by atoms with Crippen molar-refractivity contribution in [3.8, 4) is 0 Å². The third kappa shape index (κ3) is 5.26. The monoisotopic (exact) mass is 379 g/mol. The number of esters is 1. The van der Waals surface area contributed by atoms with E-state index in [1.165, 1.54) is 5.56 Å². The van der Waals surface area contributed by atoms with Crippen molar-refractivity contribution in [1.29, 1.82) is 0 Å². The minimum Gasteiger partial charge on any atom is -0.462 e. The Bertz CT molecular complexity index is 559. The molecular formula is C18H26BO4P2. The molecule has 135 valence electrons. The maximum atomic E-state index is 11.6. The Morgan fingerprint density at radius 1 is 1.36 bits per heavy atom. The van der Waals surface area contributed by atoms with Gasteiger partial charge in [-0.3, -0.25) is 4.79 Å². The summed E-state index contributed by atoms with van der Waals surface area (Å²) >= 11 is 0. The summed E-state index contributed by atoms with van der Waals surface area (Å²) in [6.45, 7) is 1.95. The fourth-order valence-corrected chi connectivity index (χ4v) is 4.89. The summed E-state index contributed by atoms with van der Waals surface area (Å²) in [4.78, 5) is 11.6. The van der Waals surface area contributed by atoms with E-state index in [2.05, 4.69) is 21.3 Å². The lowest BCUT2D eigenvalue weighted by Gasteiger charge is -2.24. The van der Waals surface area contributed by atoms with E-state index in [1.807, 2.05) is 24.9 Å². The fourth-order valence-electron chi connectivity index (χ4n) is 4.13. The first kappa shape index (κ1) is 19.3. The lowest BCUT2D eigenvalue weighted by Crippen LogP contribution is -2.23. The van der Waals surface area contributed by atoms with Crippen LogP contribution in [-0.4, -0.2) is 36.1 Å². The van der Waals surface area contributed by atoms with E-state index in [1.54, 1.807) is 0 Å². The van der Waals surface area contributed by atoms with E-state index >= 15 is 0 Å². The summed E-state index contributed by atoms with van der Waals surface area (Å²) in [6.07, 6.45) is 4.45. The highest BCUT2D eigenvalue weighted by atomic mass is 31.1. The molecule has 2 fully saturated rings. The summed E-state index contributed by atoms with van der Waals surface area (Å²) in [5, 5.41) is 10.4. The highest BCUT2D eigenvalue weighted by Crippen LogP contribution is 2.46. The predicted octanol–water partition coefficient (Wildman–Crippen LogP) is 3.10. The fraction of sp³-hybridized carbons (Fsp3) is 0.611. The molecule has 25 heavy (non-hydrogen) atoms. The molecule has 4 nitrogen and oxygen atoms in total. The van der Waals surface area contributed by atoms with Crippen LogP contribution in [0.4, 0.5) is 0 Å². The van der Waals surface area contributed by atoms with Crippen LogP contribution in [0.5, 0.6) is 0 Å². The van der Waals surface area contributed by atoms with Crippen LogP contribution in [0.25, 0.3) is 0 Å². The Balaban J connectivity index is 1.49. The average molecular weight is 379 g/mol. The minimum atomic E-state index is -0.311. The van der Waals surface area contributed by atoms with Gasteiger partial charge in [-0.2, -0.15) is 9.12 Å². The first-order chi connectivity index (χ1) is 12.2. The maximum absolute atomic E-state index is 11.6. The summed E-state index contributed by atoms with van der Waals surface area (Å²) in [7, 11) is 2.92. The number of aryl methyl sites for hydroxylation is 1. The molecule has 0 spiro atoms. The Hall–Kier alpha value is -0.465. The molecular weight excluding hydrogens is 353 g/mol. The molecule has 2 unspecified atom stereocenters. The van der Waals surface area contributed by atoms with Crippen LogP contribution in [0.3, 0.4) is 0 Å². The number of aliphatic hydroxyl groups is 1. The van der Waals surface area contributed by atoms with Gasteiger partial charge in [0.2, 0.25) is 6.72 Å². The third-order valence-corrected chi connectivity index (χ3v) is 6.37. The van der Waals surface area contributed by atoms with E-state index in [4.69, 9.17) is 9.26 Å². The van der Waals surface area contributed by atoms with Gasteiger partial charge in [0, 0.05) is 12.3 Å². The summed E-state index contributed by atoms with van der Waals surface area (Å²) in [5.41, 5.74) is 1.26. The van der Waals surface area contributed by atoms with E-state index in [0.29, 0.717) is 21.0 Å². The zero-order valence-electron chi connectivity index (χ0n) is 14.3. The molecule has 7 heteroatoms. The zero-order chi connectivity index (χ0) is 17.6. The topological polar surface area (TPSA) is 55.8 Å². The van der Waals surface area contributed by atoms with Crippen LogP contribution in [0.15, 0.2) is 30.3 Å². The number of carbonyl (C=O) groups is 1. The number of fused-ring (bicyclic) bond motifs is 1. The molecule has 0 aromatic heterocycles. The van der Waals surface area contributed by atoms with Gasteiger partial charge in [-0.1, -0.05) is 30.3 Å². The van der Waals surface area contributed by atoms with Crippen molar-refractivity contribution >= 4 is 30.5 Å². The number of hydrogen-bond donors (Lipinski definition) is 1. The van der Waals surface area contributed by atoms with Crippen LogP contribution < -0.4 is 0 Å². The van der Waals surface area contributed by atoms with Gasteiger partial charge in [-0.25, -0.2) is 0 Å². The molecule has 1 saturated carbocycles. The third-order valence-electron chi connectivity index (χ3n) is 5.38. The van der Waals surface area contributed by atoms with Crippen molar-refractivity contribution in [3.05, 3.63) is 35.9 Å². The lowest BCUT2D eigenvalue weighted by molar-refractivity contribution is -0.141. The van der Waals surface area contributed by atoms with Gasteiger partial charge >= 0.3 is 5.97 Å². The molecule has 0 amide bonds. The lowest BCUT2D eigenvalue weighted by atomic mass is 9.87. The van der Waals surface area contributed by atoms with Gasteiger partial charge in [0.1, 0.15) is 6.10 Å². The number of benzene rings is 1. The van der Waals surface area contributed by atoms with Crippen LogP contribution in [0.1, 0.15) is 37.7 Å². The van der Waals surface area contributed by atoms with Crippen LogP contribution >= 0.6 is 17.8 Å². The van der Waals surface area contributed by atoms with Gasteiger partial charge < -0.3 is 14.4 Å². The summed E-state index contributed by atoms with van der Waals surface area (Å²) in [5.74, 6) is 0.483.